The van der Waals surface area contributed by atoms with E-state index in [1.54, 1.807) is 0 Å². The van der Waals surface area contributed by atoms with Crippen LogP contribution >= 0.6 is 0 Å². The molecule has 3 atom stereocenters. The molecule has 1 unspecified atom stereocenters. The molecule has 0 bridgehead atoms. The van der Waals surface area contributed by atoms with Crippen LogP contribution < -0.4 is 5.32 Å². The summed E-state index contributed by atoms with van der Waals surface area (Å²) in [6, 6.07) is 1.22. The van der Waals surface area contributed by atoms with Crippen molar-refractivity contribution in [1.29, 1.82) is 0 Å². The molecule has 25 heavy (non-hydrogen) atoms. The minimum absolute atomic E-state index is 0.0516. The molecule has 0 aromatic rings. The number of nitrogens with zero attached hydrogens (tertiary/aromatic N) is 3. The zero-order chi connectivity index (χ0) is 17.6. The van der Waals surface area contributed by atoms with Gasteiger partial charge in [0.2, 0.25) is 0 Å². The highest BCUT2D eigenvalue weighted by molar-refractivity contribution is 5.78. The Morgan fingerprint density at radius 1 is 1.16 bits per heavy atom. The van der Waals surface area contributed by atoms with Gasteiger partial charge < -0.3 is 20.2 Å². The second-order valence-corrected chi connectivity index (χ2v) is 8.48. The van der Waals surface area contributed by atoms with E-state index in [0.29, 0.717) is 31.2 Å². The van der Waals surface area contributed by atoms with E-state index in [1.165, 1.54) is 17.7 Å². The zero-order valence-electron chi connectivity index (χ0n) is 15.1. The van der Waals surface area contributed by atoms with Gasteiger partial charge in [-0.15, -0.1) is 0 Å². The summed E-state index contributed by atoms with van der Waals surface area (Å²) in [6.07, 6.45) is 6.80. The number of carbonyl (C=O) groups is 2. The molecule has 1 saturated carbocycles. The molecule has 0 radical (unpaired) electrons. The number of rotatable bonds is 2. The van der Waals surface area contributed by atoms with Crippen LogP contribution in [0.1, 0.15) is 51.9 Å². The van der Waals surface area contributed by atoms with Crippen LogP contribution in [0.2, 0.25) is 0 Å². The van der Waals surface area contributed by atoms with E-state index in [0.717, 1.165) is 45.2 Å². The number of nitrogens with one attached hydrogen (secondary N) is 1. The molecule has 0 spiro atoms. The largest absolute Gasteiger partial charge is 0.465 e. The highest BCUT2D eigenvalue weighted by atomic mass is 16.4. The van der Waals surface area contributed by atoms with Crippen molar-refractivity contribution < 1.29 is 14.7 Å². The number of urea groups is 1. The van der Waals surface area contributed by atoms with Gasteiger partial charge in [0.15, 0.2) is 0 Å². The first-order valence-corrected chi connectivity index (χ1v) is 9.80. The molecule has 3 heterocycles. The van der Waals surface area contributed by atoms with E-state index in [9.17, 15) is 14.7 Å². The van der Waals surface area contributed by atoms with Gasteiger partial charge in [-0.25, -0.2) is 9.59 Å². The molecule has 3 aliphatic heterocycles. The normalized spacial score (nSPS) is 37.2. The number of piperidine rings is 1. The van der Waals surface area contributed by atoms with Gasteiger partial charge >= 0.3 is 12.1 Å². The molecule has 7 nitrogen and oxygen atoms in total. The Bertz CT molecular complexity index is 548. The lowest BCUT2D eigenvalue weighted by molar-refractivity contribution is 0.0443. The number of hydrogen-bond donors (Lipinski definition) is 2. The van der Waals surface area contributed by atoms with Crippen molar-refractivity contribution in [3.8, 4) is 0 Å². The molecular weight excluding hydrogens is 320 g/mol. The second kappa shape index (κ2) is 6.34. The van der Waals surface area contributed by atoms with Crippen LogP contribution in [0.25, 0.3) is 0 Å². The first-order chi connectivity index (χ1) is 12.0. The number of amides is 3. The number of carbonyl (C=O) groups excluding carboxylic acids is 1. The maximum Gasteiger partial charge on any atom is 0.407 e. The minimum atomic E-state index is -0.810. The van der Waals surface area contributed by atoms with Crippen LogP contribution in [-0.4, -0.2) is 81.8 Å². The molecule has 140 valence electrons. The van der Waals surface area contributed by atoms with Crippen molar-refractivity contribution in [3.05, 3.63) is 0 Å². The standard InChI is InChI=1S/C18H30N4O3/c1-18(8-11-20(12-18)17(24)25)21-9-6-13(7-10-21)22-15-5-3-2-4-14(15)19-16(22)23/h13-15H,2-12H2,1H3,(H,19,23)(H,24,25)/t14-,15-,18?/m0/s1. The van der Waals surface area contributed by atoms with Crippen molar-refractivity contribution in [2.24, 2.45) is 0 Å². The average Bonchev–Trinajstić information content (AvgIpc) is 3.16. The van der Waals surface area contributed by atoms with Crippen molar-refractivity contribution in [2.75, 3.05) is 26.2 Å². The third-order valence-corrected chi connectivity index (χ3v) is 6.97. The second-order valence-electron chi connectivity index (χ2n) is 8.48. The summed E-state index contributed by atoms with van der Waals surface area (Å²) in [5, 5.41) is 12.4. The lowest BCUT2D eigenvalue weighted by Gasteiger charge is -2.45. The first kappa shape index (κ1) is 16.9. The molecule has 4 rings (SSSR count). The van der Waals surface area contributed by atoms with Gasteiger partial charge in [0.1, 0.15) is 0 Å². The molecule has 4 aliphatic rings. The van der Waals surface area contributed by atoms with Crippen molar-refractivity contribution in [1.82, 2.24) is 20.0 Å². The highest BCUT2D eigenvalue weighted by Crippen LogP contribution is 2.35. The highest BCUT2D eigenvalue weighted by Gasteiger charge is 2.46. The first-order valence-electron chi connectivity index (χ1n) is 9.80. The molecule has 0 aromatic carbocycles. The molecule has 7 heteroatoms. The molecular formula is C18H30N4O3. The smallest absolute Gasteiger partial charge is 0.407 e. The Labute approximate surface area is 149 Å². The van der Waals surface area contributed by atoms with Crippen LogP contribution in [-0.2, 0) is 0 Å². The van der Waals surface area contributed by atoms with Gasteiger partial charge in [-0.2, -0.15) is 0 Å². The van der Waals surface area contributed by atoms with E-state index in [1.807, 2.05) is 0 Å². The van der Waals surface area contributed by atoms with Crippen molar-refractivity contribution in [3.63, 3.8) is 0 Å². The zero-order valence-corrected chi connectivity index (χ0v) is 15.1. The molecule has 0 aromatic heterocycles. The number of hydrogen-bond acceptors (Lipinski definition) is 3. The van der Waals surface area contributed by atoms with Crippen LogP contribution in [0.3, 0.4) is 0 Å². The van der Waals surface area contributed by atoms with Gasteiger partial charge in [0, 0.05) is 37.8 Å². The predicted octanol–water partition coefficient (Wildman–Crippen LogP) is 1.93. The number of fused-ring (bicyclic) bond motifs is 1. The fourth-order valence-corrected chi connectivity index (χ4v) is 5.48. The molecule has 4 fully saturated rings. The summed E-state index contributed by atoms with van der Waals surface area (Å²) >= 11 is 0. The average molecular weight is 350 g/mol. The third kappa shape index (κ3) is 2.96. The van der Waals surface area contributed by atoms with E-state index in [2.05, 4.69) is 22.0 Å². The van der Waals surface area contributed by atoms with E-state index in [4.69, 9.17) is 0 Å². The fraction of sp³-hybridized carbons (Fsp3) is 0.889. The van der Waals surface area contributed by atoms with E-state index < -0.39 is 6.09 Å². The summed E-state index contributed by atoms with van der Waals surface area (Å²) < 4.78 is 0. The van der Waals surface area contributed by atoms with Gasteiger partial charge in [-0.1, -0.05) is 12.8 Å². The van der Waals surface area contributed by atoms with Crippen LogP contribution in [0, 0.1) is 0 Å². The summed E-state index contributed by atoms with van der Waals surface area (Å²) in [5.41, 5.74) is -0.0516. The monoisotopic (exact) mass is 350 g/mol. The lowest BCUT2D eigenvalue weighted by atomic mass is 9.88. The van der Waals surface area contributed by atoms with Crippen LogP contribution in [0.4, 0.5) is 9.59 Å². The summed E-state index contributed by atoms with van der Waals surface area (Å²) in [7, 11) is 0. The summed E-state index contributed by atoms with van der Waals surface area (Å²) in [5.74, 6) is 0. The molecule has 2 N–H and O–H groups in total. The Morgan fingerprint density at radius 3 is 2.56 bits per heavy atom. The van der Waals surface area contributed by atoms with Gasteiger partial charge in [0.05, 0.1) is 12.1 Å². The van der Waals surface area contributed by atoms with Gasteiger partial charge in [-0.05, 0) is 39.0 Å². The van der Waals surface area contributed by atoms with E-state index in [-0.39, 0.29) is 11.6 Å². The maximum atomic E-state index is 12.5. The SMILES string of the molecule is CC1(N2CCC(N3C(=O)N[C@H]4CCCC[C@@H]43)CC2)CCN(C(=O)O)C1. The molecule has 3 amide bonds. The Kier molecular flexibility index (Phi) is 4.30. The Balaban J connectivity index is 1.37. The fourth-order valence-electron chi connectivity index (χ4n) is 5.48. The predicted molar refractivity (Wildman–Crippen MR) is 93.6 cm³/mol. The number of likely N-dealkylation sites (tertiary alicyclic amines) is 2. The van der Waals surface area contributed by atoms with E-state index >= 15 is 0 Å². The van der Waals surface area contributed by atoms with Crippen LogP contribution in [0.5, 0.6) is 0 Å². The van der Waals surface area contributed by atoms with Crippen LogP contribution in [0.15, 0.2) is 0 Å². The summed E-state index contributed by atoms with van der Waals surface area (Å²) in [4.78, 5) is 29.9. The topological polar surface area (TPSA) is 76.1 Å². The molecule has 3 saturated heterocycles. The minimum Gasteiger partial charge on any atom is -0.465 e. The molecule has 1 aliphatic carbocycles. The van der Waals surface area contributed by atoms with Gasteiger partial charge in [-0.3, -0.25) is 4.90 Å². The lowest BCUT2D eigenvalue weighted by Crippen LogP contribution is -2.56. The quantitative estimate of drug-likeness (QED) is 0.798. The van der Waals surface area contributed by atoms with Gasteiger partial charge in [0.25, 0.3) is 0 Å². The Hall–Kier alpha value is -1.50. The summed E-state index contributed by atoms with van der Waals surface area (Å²) in [6.45, 7) is 5.33. The Morgan fingerprint density at radius 2 is 1.88 bits per heavy atom. The number of carboxylic acid groups (broad SMARTS) is 1. The van der Waals surface area contributed by atoms with Crippen molar-refractivity contribution >= 4 is 12.1 Å². The third-order valence-electron chi connectivity index (χ3n) is 6.97. The maximum absolute atomic E-state index is 12.5. The van der Waals surface area contributed by atoms with Crippen molar-refractivity contribution in [2.45, 2.75) is 75.5 Å².